The van der Waals surface area contributed by atoms with Crippen molar-refractivity contribution in [3.8, 4) is 0 Å². The van der Waals surface area contributed by atoms with E-state index < -0.39 is 0 Å². The molecule has 0 aliphatic rings. The highest BCUT2D eigenvalue weighted by atomic mass is 79.9. The first kappa shape index (κ1) is 10.6. The van der Waals surface area contributed by atoms with Crippen LogP contribution in [0.25, 0.3) is 0 Å². The van der Waals surface area contributed by atoms with Crippen LogP contribution in [0, 0.1) is 0 Å². The van der Waals surface area contributed by atoms with Crippen LogP contribution in [0.3, 0.4) is 0 Å². The summed E-state index contributed by atoms with van der Waals surface area (Å²) in [5.41, 5.74) is 0.523. The largest absolute Gasteiger partial charge is 0.462 e. The molecule has 0 fully saturated rings. The Bertz CT molecular complexity index is 325. The number of thiol groups is 1. The van der Waals surface area contributed by atoms with Crippen molar-refractivity contribution in [2.24, 2.45) is 0 Å². The second-order valence-corrected chi connectivity index (χ2v) is 3.72. The summed E-state index contributed by atoms with van der Waals surface area (Å²) in [7, 11) is 0. The third kappa shape index (κ3) is 2.74. The Balaban J connectivity index is 2.90. The zero-order chi connectivity index (χ0) is 9.84. The third-order valence-electron chi connectivity index (χ3n) is 1.46. The lowest BCUT2D eigenvalue weighted by Crippen LogP contribution is -2.04. The number of benzene rings is 1. The van der Waals surface area contributed by atoms with Crippen molar-refractivity contribution in [3.63, 3.8) is 0 Å². The molecule has 2 nitrogen and oxygen atoms in total. The molecular weight excluding hydrogens is 252 g/mol. The molecule has 0 radical (unpaired) electrons. The predicted molar refractivity (Wildman–Crippen MR) is 57.4 cm³/mol. The number of hydrogen-bond acceptors (Lipinski definition) is 3. The molecule has 0 spiro atoms. The Morgan fingerprint density at radius 2 is 2.31 bits per heavy atom. The van der Waals surface area contributed by atoms with Crippen LogP contribution in [0.2, 0.25) is 0 Å². The highest BCUT2D eigenvalue weighted by molar-refractivity contribution is 9.10. The van der Waals surface area contributed by atoms with Crippen LogP contribution >= 0.6 is 28.6 Å². The lowest BCUT2D eigenvalue weighted by atomic mass is 10.2. The molecule has 0 heterocycles. The van der Waals surface area contributed by atoms with Gasteiger partial charge in [-0.15, -0.1) is 12.6 Å². The van der Waals surface area contributed by atoms with Crippen molar-refractivity contribution in [1.82, 2.24) is 0 Å². The van der Waals surface area contributed by atoms with E-state index in [4.69, 9.17) is 4.74 Å². The molecule has 1 rings (SSSR count). The Kier molecular flexibility index (Phi) is 3.81. The molecule has 0 unspecified atom stereocenters. The smallest absolute Gasteiger partial charge is 0.338 e. The molecule has 1 aromatic rings. The first-order valence-corrected chi connectivity index (χ1v) is 5.04. The summed E-state index contributed by atoms with van der Waals surface area (Å²) in [5, 5.41) is 0. The van der Waals surface area contributed by atoms with E-state index >= 15 is 0 Å². The highest BCUT2D eigenvalue weighted by Gasteiger charge is 2.07. The van der Waals surface area contributed by atoms with Gasteiger partial charge in [-0.3, -0.25) is 0 Å². The van der Waals surface area contributed by atoms with Gasteiger partial charge in [-0.2, -0.15) is 0 Å². The molecule has 4 heteroatoms. The van der Waals surface area contributed by atoms with Gasteiger partial charge in [0.1, 0.15) is 0 Å². The zero-order valence-electron chi connectivity index (χ0n) is 7.08. The molecule has 0 aliphatic heterocycles. The number of hydrogen-bond donors (Lipinski definition) is 1. The van der Waals surface area contributed by atoms with Crippen molar-refractivity contribution >= 4 is 34.5 Å². The monoisotopic (exact) mass is 260 g/mol. The molecule has 0 atom stereocenters. The molecule has 0 bridgehead atoms. The molecule has 70 valence electrons. The van der Waals surface area contributed by atoms with E-state index in [1.807, 2.05) is 0 Å². The Morgan fingerprint density at radius 3 is 2.85 bits per heavy atom. The highest BCUT2D eigenvalue weighted by Crippen LogP contribution is 2.21. The minimum absolute atomic E-state index is 0.315. The first-order chi connectivity index (χ1) is 6.15. The van der Waals surface area contributed by atoms with E-state index in [2.05, 4.69) is 28.6 Å². The maximum Gasteiger partial charge on any atom is 0.338 e. The topological polar surface area (TPSA) is 26.3 Å². The van der Waals surface area contributed by atoms with Gasteiger partial charge in [0.05, 0.1) is 12.2 Å². The van der Waals surface area contributed by atoms with Crippen LogP contribution in [-0.2, 0) is 4.74 Å². The molecule has 0 saturated carbocycles. The van der Waals surface area contributed by atoms with Crippen LogP contribution in [-0.4, -0.2) is 12.6 Å². The van der Waals surface area contributed by atoms with Crippen LogP contribution in [0.15, 0.2) is 27.6 Å². The number of halogens is 1. The standard InChI is InChI=1S/C9H9BrO2S/c1-2-12-9(11)6-3-4-7(10)8(13)5-6/h3-5,13H,2H2,1H3. The van der Waals surface area contributed by atoms with E-state index in [9.17, 15) is 4.79 Å². The second-order valence-electron chi connectivity index (χ2n) is 2.39. The molecule has 1 aromatic carbocycles. The van der Waals surface area contributed by atoms with E-state index in [0.717, 1.165) is 9.37 Å². The maximum atomic E-state index is 11.2. The predicted octanol–water partition coefficient (Wildman–Crippen LogP) is 2.91. The zero-order valence-corrected chi connectivity index (χ0v) is 9.56. The lowest BCUT2D eigenvalue weighted by molar-refractivity contribution is 0.0526. The van der Waals surface area contributed by atoms with Crippen molar-refractivity contribution in [2.75, 3.05) is 6.61 Å². The van der Waals surface area contributed by atoms with Gasteiger partial charge in [-0.1, -0.05) is 0 Å². The van der Waals surface area contributed by atoms with Crippen LogP contribution < -0.4 is 0 Å². The Morgan fingerprint density at radius 1 is 1.62 bits per heavy atom. The number of carbonyl (C=O) groups excluding carboxylic acids is 1. The molecular formula is C9H9BrO2S. The maximum absolute atomic E-state index is 11.2. The Hall–Kier alpha value is -0.480. The van der Waals surface area contributed by atoms with Gasteiger partial charge in [0.2, 0.25) is 0 Å². The minimum Gasteiger partial charge on any atom is -0.462 e. The van der Waals surface area contributed by atoms with Crippen molar-refractivity contribution in [3.05, 3.63) is 28.2 Å². The van der Waals surface area contributed by atoms with Gasteiger partial charge >= 0.3 is 5.97 Å². The summed E-state index contributed by atoms with van der Waals surface area (Å²) in [5.74, 6) is -0.315. The summed E-state index contributed by atoms with van der Waals surface area (Å²) < 4.78 is 5.70. The van der Waals surface area contributed by atoms with Gasteiger partial charge < -0.3 is 4.74 Å². The fourth-order valence-electron chi connectivity index (χ4n) is 0.854. The second kappa shape index (κ2) is 4.67. The lowest BCUT2D eigenvalue weighted by Gasteiger charge is -2.02. The van der Waals surface area contributed by atoms with Crippen molar-refractivity contribution < 1.29 is 9.53 Å². The number of rotatable bonds is 2. The molecule has 0 N–H and O–H groups in total. The quantitative estimate of drug-likeness (QED) is 0.654. The molecule has 0 aromatic heterocycles. The molecule has 0 amide bonds. The first-order valence-electron chi connectivity index (χ1n) is 3.80. The van der Waals surface area contributed by atoms with Gasteiger partial charge in [-0.25, -0.2) is 4.79 Å². The van der Waals surface area contributed by atoms with Gasteiger partial charge in [0, 0.05) is 9.37 Å². The average Bonchev–Trinajstić information content (AvgIpc) is 2.10. The SMILES string of the molecule is CCOC(=O)c1ccc(Br)c(S)c1. The summed E-state index contributed by atoms with van der Waals surface area (Å²) in [6.07, 6.45) is 0. The summed E-state index contributed by atoms with van der Waals surface area (Å²) in [6.45, 7) is 2.16. The van der Waals surface area contributed by atoms with Crippen molar-refractivity contribution in [1.29, 1.82) is 0 Å². The molecule has 13 heavy (non-hydrogen) atoms. The number of ether oxygens (including phenoxy) is 1. The van der Waals surface area contributed by atoms with E-state index in [-0.39, 0.29) is 5.97 Å². The number of carbonyl (C=O) groups is 1. The summed E-state index contributed by atoms with van der Waals surface area (Å²) in [4.78, 5) is 12.0. The van der Waals surface area contributed by atoms with Crippen LogP contribution in [0.5, 0.6) is 0 Å². The van der Waals surface area contributed by atoms with E-state index in [1.165, 1.54) is 0 Å². The Labute approximate surface area is 90.8 Å². The van der Waals surface area contributed by atoms with Crippen molar-refractivity contribution in [2.45, 2.75) is 11.8 Å². The summed E-state index contributed by atoms with van der Waals surface area (Å²) >= 11 is 7.46. The minimum atomic E-state index is -0.315. The van der Waals surface area contributed by atoms with Crippen LogP contribution in [0.1, 0.15) is 17.3 Å². The van der Waals surface area contributed by atoms with Gasteiger partial charge in [0.25, 0.3) is 0 Å². The number of esters is 1. The van der Waals surface area contributed by atoms with Crippen LogP contribution in [0.4, 0.5) is 0 Å². The van der Waals surface area contributed by atoms with E-state index in [0.29, 0.717) is 12.2 Å². The fourth-order valence-corrected chi connectivity index (χ4v) is 1.31. The van der Waals surface area contributed by atoms with E-state index in [1.54, 1.807) is 25.1 Å². The molecule has 0 aliphatic carbocycles. The molecule has 0 saturated heterocycles. The normalized spacial score (nSPS) is 9.77. The summed E-state index contributed by atoms with van der Waals surface area (Å²) in [6, 6.07) is 5.14. The third-order valence-corrected chi connectivity index (χ3v) is 2.83. The van der Waals surface area contributed by atoms with Gasteiger partial charge in [-0.05, 0) is 41.1 Å². The average molecular weight is 261 g/mol. The fraction of sp³-hybridized carbons (Fsp3) is 0.222. The van der Waals surface area contributed by atoms with Gasteiger partial charge in [0.15, 0.2) is 0 Å².